The van der Waals surface area contributed by atoms with Crippen LogP contribution in [0.4, 0.5) is 5.69 Å². The van der Waals surface area contributed by atoms with Gasteiger partial charge in [-0.2, -0.15) is 5.10 Å². The number of nitro groups is 1. The smallest absolute Gasteiger partial charge is 0.269 e. The molecule has 0 saturated heterocycles. The molecule has 34 heavy (non-hydrogen) atoms. The Hall–Kier alpha value is -4.47. The second-order valence-corrected chi connectivity index (χ2v) is 7.59. The molecule has 0 bridgehead atoms. The van der Waals surface area contributed by atoms with Crippen molar-refractivity contribution in [1.29, 1.82) is 0 Å². The molecule has 176 valence electrons. The fraction of sp³-hybridized carbons (Fsp3) is 0.208. The molecule has 1 aromatic heterocycles. The van der Waals surface area contributed by atoms with Crippen LogP contribution in [-0.2, 0) is 9.59 Å². The van der Waals surface area contributed by atoms with Crippen molar-refractivity contribution in [2.45, 2.75) is 26.8 Å². The van der Waals surface area contributed by atoms with Crippen LogP contribution >= 0.6 is 0 Å². The molecule has 0 radical (unpaired) electrons. The fourth-order valence-electron chi connectivity index (χ4n) is 3.06. The maximum absolute atomic E-state index is 12.2. The van der Waals surface area contributed by atoms with Crippen molar-refractivity contribution in [3.05, 3.63) is 81.6 Å². The van der Waals surface area contributed by atoms with Crippen LogP contribution in [0.3, 0.4) is 0 Å². The van der Waals surface area contributed by atoms with Gasteiger partial charge in [-0.25, -0.2) is 5.43 Å². The van der Waals surface area contributed by atoms with E-state index in [1.54, 1.807) is 37.3 Å². The standard InChI is InChI=1S/C24H24N4O6/c1-15-5-4-6-19(11-15)33-14-23(29)26-17(3)24(30)27-25-13-20-8-10-22(34-20)21-9-7-18(28(31)32)12-16(21)2/h4-13,17H,14H2,1-3H3,(H,26,29)(H,27,30)/t17-/m0/s1. The molecular weight excluding hydrogens is 440 g/mol. The van der Waals surface area contributed by atoms with Gasteiger partial charge in [0.25, 0.3) is 17.5 Å². The zero-order valence-electron chi connectivity index (χ0n) is 18.9. The van der Waals surface area contributed by atoms with E-state index in [1.807, 2.05) is 19.1 Å². The first-order valence-corrected chi connectivity index (χ1v) is 10.4. The predicted octanol–water partition coefficient (Wildman–Crippen LogP) is 3.51. The van der Waals surface area contributed by atoms with Gasteiger partial charge in [-0.3, -0.25) is 19.7 Å². The Morgan fingerprint density at radius 1 is 1.18 bits per heavy atom. The summed E-state index contributed by atoms with van der Waals surface area (Å²) in [6.07, 6.45) is 1.32. The summed E-state index contributed by atoms with van der Waals surface area (Å²) >= 11 is 0. The number of carbonyl (C=O) groups excluding carboxylic acids is 2. The minimum Gasteiger partial charge on any atom is -0.484 e. The summed E-state index contributed by atoms with van der Waals surface area (Å²) in [5.41, 5.74) is 4.75. The van der Waals surface area contributed by atoms with Gasteiger partial charge in [0.1, 0.15) is 23.3 Å². The SMILES string of the molecule is Cc1cccc(OCC(=O)N[C@@H](C)C(=O)NN=Cc2ccc(-c3ccc([N+](=O)[O-])cc3C)o2)c1. The van der Waals surface area contributed by atoms with E-state index in [0.29, 0.717) is 28.4 Å². The number of hydrazone groups is 1. The lowest BCUT2D eigenvalue weighted by atomic mass is 10.1. The first-order valence-electron chi connectivity index (χ1n) is 10.4. The predicted molar refractivity (Wildman–Crippen MR) is 126 cm³/mol. The Balaban J connectivity index is 1.49. The van der Waals surface area contributed by atoms with Crippen molar-refractivity contribution in [2.75, 3.05) is 6.61 Å². The van der Waals surface area contributed by atoms with Gasteiger partial charge in [-0.05, 0) is 62.2 Å². The maximum Gasteiger partial charge on any atom is 0.269 e. The van der Waals surface area contributed by atoms with Crippen LogP contribution in [-0.4, -0.2) is 35.6 Å². The molecule has 1 heterocycles. The van der Waals surface area contributed by atoms with Crippen molar-refractivity contribution < 1.29 is 23.7 Å². The number of nitrogens with zero attached hydrogens (tertiary/aromatic N) is 2. The summed E-state index contributed by atoms with van der Waals surface area (Å²) in [6, 6.07) is 14.3. The van der Waals surface area contributed by atoms with E-state index >= 15 is 0 Å². The highest BCUT2D eigenvalue weighted by atomic mass is 16.6. The number of hydrogen-bond acceptors (Lipinski definition) is 7. The van der Waals surface area contributed by atoms with Gasteiger partial charge in [0.15, 0.2) is 6.61 Å². The lowest BCUT2D eigenvalue weighted by molar-refractivity contribution is -0.384. The van der Waals surface area contributed by atoms with Gasteiger partial charge in [-0.1, -0.05) is 12.1 Å². The van der Waals surface area contributed by atoms with E-state index in [-0.39, 0.29) is 12.3 Å². The Morgan fingerprint density at radius 2 is 1.97 bits per heavy atom. The average molecular weight is 464 g/mol. The number of non-ortho nitro benzene ring substituents is 1. The molecule has 3 rings (SSSR count). The molecule has 10 nitrogen and oxygen atoms in total. The van der Waals surface area contributed by atoms with Crippen molar-refractivity contribution >= 4 is 23.7 Å². The number of amides is 2. The molecule has 2 N–H and O–H groups in total. The van der Waals surface area contributed by atoms with E-state index in [4.69, 9.17) is 9.15 Å². The van der Waals surface area contributed by atoms with E-state index in [2.05, 4.69) is 15.8 Å². The molecule has 0 aliphatic carbocycles. The monoisotopic (exact) mass is 464 g/mol. The molecule has 10 heteroatoms. The lowest BCUT2D eigenvalue weighted by Gasteiger charge is -2.12. The minimum absolute atomic E-state index is 0.000223. The Kier molecular flexibility index (Phi) is 7.75. The summed E-state index contributed by atoms with van der Waals surface area (Å²) in [5.74, 6) is 0.490. The second-order valence-electron chi connectivity index (χ2n) is 7.59. The number of nitro benzene ring substituents is 1. The zero-order chi connectivity index (χ0) is 24.7. The van der Waals surface area contributed by atoms with Crippen molar-refractivity contribution in [3.63, 3.8) is 0 Å². The summed E-state index contributed by atoms with van der Waals surface area (Å²) in [7, 11) is 0. The van der Waals surface area contributed by atoms with Gasteiger partial charge in [-0.15, -0.1) is 0 Å². The summed E-state index contributed by atoms with van der Waals surface area (Å²) in [5, 5.41) is 17.3. The molecule has 2 aromatic carbocycles. The first-order chi connectivity index (χ1) is 16.2. The molecule has 0 fully saturated rings. The minimum atomic E-state index is -0.833. The van der Waals surface area contributed by atoms with Crippen LogP contribution in [0, 0.1) is 24.0 Å². The van der Waals surface area contributed by atoms with E-state index in [9.17, 15) is 19.7 Å². The van der Waals surface area contributed by atoms with Crippen molar-refractivity contribution in [3.8, 4) is 17.1 Å². The highest BCUT2D eigenvalue weighted by molar-refractivity contribution is 5.88. The molecule has 0 saturated carbocycles. The van der Waals surface area contributed by atoms with Crippen molar-refractivity contribution in [1.82, 2.24) is 10.7 Å². The normalized spacial score (nSPS) is 11.7. The lowest BCUT2D eigenvalue weighted by Crippen LogP contribution is -2.45. The Labute approximate surface area is 195 Å². The van der Waals surface area contributed by atoms with Gasteiger partial charge in [0, 0.05) is 17.7 Å². The highest BCUT2D eigenvalue weighted by Gasteiger charge is 2.16. The van der Waals surface area contributed by atoms with Gasteiger partial charge >= 0.3 is 0 Å². The number of ether oxygens (including phenoxy) is 1. The van der Waals surface area contributed by atoms with Crippen LogP contribution in [0.2, 0.25) is 0 Å². The largest absolute Gasteiger partial charge is 0.484 e. The van der Waals surface area contributed by atoms with Gasteiger partial charge in [0.2, 0.25) is 0 Å². The highest BCUT2D eigenvalue weighted by Crippen LogP contribution is 2.28. The molecule has 0 spiro atoms. The maximum atomic E-state index is 12.2. The number of furan rings is 1. The third-order valence-corrected chi connectivity index (χ3v) is 4.81. The van der Waals surface area contributed by atoms with E-state index in [0.717, 1.165) is 5.56 Å². The average Bonchev–Trinajstić information content (AvgIpc) is 3.26. The first kappa shape index (κ1) is 24.2. The number of nitrogens with one attached hydrogen (secondary N) is 2. The molecule has 0 aliphatic rings. The topological polar surface area (TPSA) is 136 Å². The molecule has 0 aliphatic heterocycles. The van der Waals surface area contributed by atoms with E-state index in [1.165, 1.54) is 25.3 Å². The molecule has 0 unspecified atom stereocenters. The summed E-state index contributed by atoms with van der Waals surface area (Å²) in [6.45, 7) is 4.97. The molecule has 2 amide bonds. The van der Waals surface area contributed by atoms with Crippen molar-refractivity contribution in [2.24, 2.45) is 5.10 Å². The number of rotatable bonds is 9. The van der Waals surface area contributed by atoms with Gasteiger partial charge in [0.05, 0.1) is 11.1 Å². The van der Waals surface area contributed by atoms with Gasteiger partial charge < -0.3 is 14.5 Å². The van der Waals surface area contributed by atoms with Crippen LogP contribution in [0.15, 0.2) is 64.1 Å². The molecule has 1 atom stereocenters. The van der Waals surface area contributed by atoms with Crippen LogP contribution < -0.4 is 15.5 Å². The fourth-order valence-corrected chi connectivity index (χ4v) is 3.06. The van der Waals surface area contributed by atoms with Crippen LogP contribution in [0.5, 0.6) is 5.75 Å². The molecular formula is C24H24N4O6. The third-order valence-electron chi connectivity index (χ3n) is 4.81. The quantitative estimate of drug-likeness (QED) is 0.283. The molecule has 3 aromatic rings. The third kappa shape index (κ3) is 6.52. The second kappa shape index (κ2) is 10.9. The number of benzene rings is 2. The Bertz CT molecular complexity index is 1230. The Morgan fingerprint density at radius 3 is 2.68 bits per heavy atom. The summed E-state index contributed by atoms with van der Waals surface area (Å²) in [4.78, 5) is 34.6. The number of carbonyl (C=O) groups is 2. The van der Waals surface area contributed by atoms with Crippen LogP contribution in [0.25, 0.3) is 11.3 Å². The zero-order valence-corrected chi connectivity index (χ0v) is 18.9. The summed E-state index contributed by atoms with van der Waals surface area (Å²) < 4.78 is 11.1. The number of aryl methyl sites for hydroxylation is 2. The number of hydrogen-bond donors (Lipinski definition) is 2. The van der Waals surface area contributed by atoms with Crippen LogP contribution in [0.1, 0.15) is 23.8 Å². The van der Waals surface area contributed by atoms with E-state index < -0.39 is 22.8 Å².